The van der Waals surface area contributed by atoms with Crippen molar-refractivity contribution in [1.29, 1.82) is 0 Å². The van der Waals surface area contributed by atoms with E-state index in [1.54, 1.807) is 6.20 Å². The Morgan fingerprint density at radius 3 is 2.60 bits per heavy atom. The van der Waals surface area contributed by atoms with E-state index in [1.165, 1.54) is 0 Å². The lowest BCUT2D eigenvalue weighted by Gasteiger charge is -2.27. The van der Waals surface area contributed by atoms with Gasteiger partial charge in [-0.15, -0.1) is 0 Å². The molecule has 1 fully saturated rings. The number of hydrogen-bond donors (Lipinski definition) is 1. The summed E-state index contributed by atoms with van der Waals surface area (Å²) in [5.74, 6) is 1.19. The molecule has 1 amide bonds. The summed E-state index contributed by atoms with van der Waals surface area (Å²) in [6.07, 6.45) is 4.01. The van der Waals surface area contributed by atoms with Crippen LogP contribution in [0, 0.1) is 12.8 Å². The summed E-state index contributed by atoms with van der Waals surface area (Å²) >= 11 is 3.44. The maximum absolute atomic E-state index is 12.6. The van der Waals surface area contributed by atoms with Gasteiger partial charge in [0.25, 0.3) is 0 Å². The summed E-state index contributed by atoms with van der Waals surface area (Å²) in [6.45, 7) is 7.92. The molecule has 0 aromatic carbocycles. The number of nitrogens with zero attached hydrogens (tertiary/aromatic N) is 2. The van der Waals surface area contributed by atoms with Crippen molar-refractivity contribution >= 4 is 27.7 Å². The first kappa shape index (κ1) is 15.3. The van der Waals surface area contributed by atoms with E-state index in [0.29, 0.717) is 0 Å². The van der Waals surface area contributed by atoms with Gasteiger partial charge in [0.1, 0.15) is 11.9 Å². The molecule has 4 nitrogen and oxygen atoms in total. The molecule has 0 spiro atoms. The zero-order chi connectivity index (χ0) is 14.7. The number of halogens is 1. The van der Waals surface area contributed by atoms with Crippen molar-refractivity contribution in [2.24, 2.45) is 5.92 Å². The molecule has 1 aromatic rings. The van der Waals surface area contributed by atoms with Crippen LogP contribution in [-0.2, 0) is 4.79 Å². The van der Waals surface area contributed by atoms with Crippen LogP contribution in [0.1, 0.15) is 32.3 Å². The van der Waals surface area contributed by atoms with Crippen molar-refractivity contribution in [3.63, 3.8) is 0 Å². The van der Waals surface area contributed by atoms with Gasteiger partial charge in [-0.05, 0) is 53.2 Å². The molecule has 5 heteroatoms. The van der Waals surface area contributed by atoms with Crippen molar-refractivity contribution in [2.75, 3.05) is 18.4 Å². The van der Waals surface area contributed by atoms with Crippen LogP contribution in [0.5, 0.6) is 0 Å². The number of pyridine rings is 1. The third-order valence-electron chi connectivity index (χ3n) is 3.70. The van der Waals surface area contributed by atoms with Crippen LogP contribution in [0.25, 0.3) is 0 Å². The Bertz CT molecular complexity index is 484. The zero-order valence-electron chi connectivity index (χ0n) is 12.3. The molecular weight excluding hydrogens is 318 g/mol. The smallest absolute Gasteiger partial charge is 0.245 e. The summed E-state index contributed by atoms with van der Waals surface area (Å²) in [4.78, 5) is 18.9. The fourth-order valence-corrected chi connectivity index (χ4v) is 2.64. The highest BCUT2D eigenvalue weighted by molar-refractivity contribution is 9.10. The fraction of sp³-hybridized carbons (Fsp3) is 0.600. The number of rotatable bonds is 4. The Morgan fingerprint density at radius 1 is 1.40 bits per heavy atom. The maximum Gasteiger partial charge on any atom is 0.245 e. The lowest BCUT2D eigenvalue weighted by Crippen LogP contribution is -2.44. The van der Waals surface area contributed by atoms with E-state index in [-0.39, 0.29) is 17.9 Å². The number of amides is 1. The molecule has 1 aliphatic rings. The van der Waals surface area contributed by atoms with Crippen molar-refractivity contribution in [1.82, 2.24) is 9.88 Å². The van der Waals surface area contributed by atoms with Crippen molar-refractivity contribution < 1.29 is 4.79 Å². The fourth-order valence-electron chi connectivity index (χ4n) is 2.43. The number of aryl methyl sites for hydroxylation is 1. The van der Waals surface area contributed by atoms with E-state index in [1.807, 2.05) is 17.9 Å². The molecule has 1 atom stereocenters. The van der Waals surface area contributed by atoms with Crippen molar-refractivity contribution in [2.45, 2.75) is 39.7 Å². The van der Waals surface area contributed by atoms with Crippen LogP contribution in [0.2, 0.25) is 0 Å². The van der Waals surface area contributed by atoms with Crippen LogP contribution < -0.4 is 5.32 Å². The standard InChI is InChI=1S/C15H22BrN3O/c1-10(2)14(15(20)19-6-4-5-7-19)18-13-8-11(3)12(16)9-17-13/h8-10,14H,4-7H2,1-3H3,(H,17,18)/t14-/m0/s1. The van der Waals surface area contributed by atoms with E-state index in [0.717, 1.165) is 41.8 Å². The van der Waals surface area contributed by atoms with E-state index in [4.69, 9.17) is 0 Å². The number of nitrogens with one attached hydrogen (secondary N) is 1. The Labute approximate surface area is 129 Å². The molecular formula is C15H22BrN3O. The number of likely N-dealkylation sites (tertiary alicyclic amines) is 1. The van der Waals surface area contributed by atoms with Gasteiger partial charge in [-0.25, -0.2) is 4.98 Å². The Hall–Kier alpha value is -1.10. The minimum absolute atomic E-state index is 0.194. The molecule has 1 aromatic heterocycles. The summed E-state index contributed by atoms with van der Waals surface area (Å²) in [6, 6.07) is 1.76. The van der Waals surface area contributed by atoms with Crippen molar-refractivity contribution in [3.8, 4) is 0 Å². The van der Waals surface area contributed by atoms with Gasteiger partial charge < -0.3 is 10.2 Å². The third-order valence-corrected chi connectivity index (χ3v) is 4.53. The second kappa shape index (κ2) is 6.57. The van der Waals surface area contributed by atoms with Gasteiger partial charge in [0.2, 0.25) is 5.91 Å². The first-order valence-electron chi connectivity index (χ1n) is 7.16. The first-order valence-corrected chi connectivity index (χ1v) is 7.96. The Morgan fingerprint density at radius 2 is 2.05 bits per heavy atom. The molecule has 110 valence electrons. The highest BCUT2D eigenvalue weighted by Crippen LogP contribution is 2.20. The zero-order valence-corrected chi connectivity index (χ0v) is 13.9. The van der Waals surface area contributed by atoms with Crippen LogP contribution in [0.4, 0.5) is 5.82 Å². The van der Waals surface area contributed by atoms with Gasteiger partial charge in [-0.1, -0.05) is 13.8 Å². The van der Waals surface area contributed by atoms with Gasteiger partial charge in [-0.2, -0.15) is 0 Å². The SMILES string of the molecule is Cc1cc(N[C@H](C(=O)N2CCCC2)C(C)C)ncc1Br. The molecule has 0 aliphatic carbocycles. The molecule has 2 heterocycles. The van der Waals surface area contributed by atoms with E-state index in [2.05, 4.69) is 40.1 Å². The number of carbonyl (C=O) groups excluding carboxylic acids is 1. The molecule has 20 heavy (non-hydrogen) atoms. The third kappa shape index (κ3) is 3.51. The summed E-state index contributed by atoms with van der Waals surface area (Å²) in [7, 11) is 0. The lowest BCUT2D eigenvalue weighted by molar-refractivity contribution is -0.131. The van der Waals surface area contributed by atoms with Crippen LogP contribution >= 0.6 is 15.9 Å². The van der Waals surface area contributed by atoms with E-state index in [9.17, 15) is 4.79 Å². The second-order valence-corrected chi connectivity index (χ2v) is 6.57. The summed E-state index contributed by atoms with van der Waals surface area (Å²) in [5.41, 5.74) is 1.11. The number of hydrogen-bond acceptors (Lipinski definition) is 3. The summed E-state index contributed by atoms with van der Waals surface area (Å²) in [5, 5.41) is 3.30. The normalized spacial score (nSPS) is 16.6. The molecule has 2 rings (SSSR count). The second-order valence-electron chi connectivity index (χ2n) is 5.72. The van der Waals surface area contributed by atoms with Gasteiger partial charge in [0.15, 0.2) is 0 Å². The van der Waals surface area contributed by atoms with Gasteiger partial charge in [0.05, 0.1) is 0 Å². The molecule has 0 unspecified atom stereocenters. The molecule has 1 saturated heterocycles. The lowest BCUT2D eigenvalue weighted by atomic mass is 10.0. The van der Waals surface area contributed by atoms with Crippen LogP contribution in [0.3, 0.4) is 0 Å². The average Bonchev–Trinajstić information content (AvgIpc) is 2.93. The highest BCUT2D eigenvalue weighted by Gasteiger charge is 2.28. The minimum atomic E-state index is -0.207. The van der Waals surface area contributed by atoms with Gasteiger partial charge in [-0.3, -0.25) is 4.79 Å². The summed E-state index contributed by atoms with van der Waals surface area (Å²) < 4.78 is 0.981. The minimum Gasteiger partial charge on any atom is -0.358 e. The molecule has 1 N–H and O–H groups in total. The van der Waals surface area contributed by atoms with Crippen molar-refractivity contribution in [3.05, 3.63) is 22.3 Å². The monoisotopic (exact) mass is 339 g/mol. The Kier molecular flexibility index (Phi) is 5.02. The highest BCUT2D eigenvalue weighted by atomic mass is 79.9. The van der Waals surface area contributed by atoms with E-state index < -0.39 is 0 Å². The number of aromatic nitrogens is 1. The van der Waals surface area contributed by atoms with Gasteiger partial charge in [0, 0.05) is 23.8 Å². The number of anilines is 1. The average molecular weight is 340 g/mol. The molecule has 1 aliphatic heterocycles. The molecule has 0 radical (unpaired) electrons. The van der Waals surface area contributed by atoms with Crippen LogP contribution in [-0.4, -0.2) is 34.9 Å². The topological polar surface area (TPSA) is 45.2 Å². The maximum atomic E-state index is 12.6. The van der Waals surface area contributed by atoms with Gasteiger partial charge >= 0.3 is 0 Å². The molecule has 0 bridgehead atoms. The number of carbonyl (C=O) groups is 1. The Balaban J connectivity index is 2.12. The molecule has 0 saturated carbocycles. The van der Waals surface area contributed by atoms with E-state index >= 15 is 0 Å². The quantitative estimate of drug-likeness (QED) is 0.915. The predicted molar refractivity (Wildman–Crippen MR) is 84.7 cm³/mol. The largest absolute Gasteiger partial charge is 0.358 e. The first-order chi connectivity index (χ1) is 9.49. The van der Waals surface area contributed by atoms with Crippen LogP contribution in [0.15, 0.2) is 16.7 Å². The predicted octanol–water partition coefficient (Wildman–Crippen LogP) is 3.21.